The molecule has 142 valence electrons. The standard InChI is InChI=1S/C17H21NO6S2/c1-11(17(21)13-3-5-14(6-4-13)18-12(2)19)24-16(20)9-25-15-7-8-26(22,23)10-15/h3-6,11,15H,7-10H2,1-2H3,(H,18,19)/t11-,15-/m0/s1. The smallest absolute Gasteiger partial charge is 0.316 e. The highest BCUT2D eigenvalue weighted by Gasteiger charge is 2.29. The second-order valence-electron chi connectivity index (χ2n) is 6.09. The van der Waals surface area contributed by atoms with Gasteiger partial charge in [0.1, 0.15) is 0 Å². The van der Waals surface area contributed by atoms with Crippen molar-refractivity contribution in [2.75, 3.05) is 22.6 Å². The summed E-state index contributed by atoms with van der Waals surface area (Å²) in [6.07, 6.45) is -0.405. The van der Waals surface area contributed by atoms with Crippen molar-refractivity contribution in [3.8, 4) is 0 Å². The number of thioether (sulfide) groups is 1. The Morgan fingerprint density at radius 3 is 2.46 bits per heavy atom. The van der Waals surface area contributed by atoms with Gasteiger partial charge in [-0.15, -0.1) is 11.8 Å². The summed E-state index contributed by atoms with van der Waals surface area (Å²) in [5, 5.41) is 2.50. The molecule has 1 aliphatic rings. The Hall–Kier alpha value is -1.87. The molecule has 0 aromatic heterocycles. The van der Waals surface area contributed by atoms with Crippen LogP contribution in [0, 0.1) is 0 Å². The lowest BCUT2D eigenvalue weighted by atomic mass is 10.1. The Kier molecular flexibility index (Phi) is 6.82. The van der Waals surface area contributed by atoms with Gasteiger partial charge in [0.2, 0.25) is 11.7 Å². The van der Waals surface area contributed by atoms with E-state index in [4.69, 9.17) is 4.74 Å². The number of hydrogen-bond acceptors (Lipinski definition) is 7. The first kappa shape index (κ1) is 20.4. The molecule has 1 aliphatic heterocycles. The Labute approximate surface area is 156 Å². The maximum atomic E-state index is 12.3. The largest absolute Gasteiger partial charge is 0.454 e. The fourth-order valence-corrected chi connectivity index (χ4v) is 5.94. The van der Waals surface area contributed by atoms with Crippen LogP contribution in [0.25, 0.3) is 0 Å². The van der Waals surface area contributed by atoms with E-state index < -0.39 is 21.9 Å². The molecule has 1 aromatic carbocycles. The fraction of sp³-hybridized carbons (Fsp3) is 0.471. The number of nitrogens with one attached hydrogen (secondary N) is 1. The summed E-state index contributed by atoms with van der Waals surface area (Å²) in [6, 6.07) is 6.30. The lowest BCUT2D eigenvalue weighted by Crippen LogP contribution is -2.25. The summed E-state index contributed by atoms with van der Waals surface area (Å²) >= 11 is 1.25. The summed E-state index contributed by atoms with van der Waals surface area (Å²) in [7, 11) is -2.98. The quantitative estimate of drug-likeness (QED) is 0.549. The maximum Gasteiger partial charge on any atom is 0.316 e. The van der Waals surface area contributed by atoms with Gasteiger partial charge in [0.25, 0.3) is 0 Å². The summed E-state index contributed by atoms with van der Waals surface area (Å²) < 4.78 is 27.9. The molecule has 7 nitrogen and oxygen atoms in total. The molecule has 1 fully saturated rings. The van der Waals surface area contributed by atoms with Crippen LogP contribution in [0.5, 0.6) is 0 Å². The molecule has 1 N–H and O–H groups in total. The topological polar surface area (TPSA) is 107 Å². The van der Waals surface area contributed by atoms with E-state index in [9.17, 15) is 22.8 Å². The molecule has 0 saturated carbocycles. The molecule has 1 saturated heterocycles. The van der Waals surface area contributed by atoms with Gasteiger partial charge < -0.3 is 10.1 Å². The van der Waals surface area contributed by atoms with Crippen molar-refractivity contribution in [2.45, 2.75) is 31.6 Å². The summed E-state index contributed by atoms with van der Waals surface area (Å²) in [4.78, 5) is 35.2. The molecule has 26 heavy (non-hydrogen) atoms. The van der Waals surface area contributed by atoms with Crippen molar-refractivity contribution in [3.63, 3.8) is 0 Å². The Bertz CT molecular complexity index is 788. The summed E-state index contributed by atoms with van der Waals surface area (Å²) in [6.45, 7) is 2.88. The van der Waals surface area contributed by atoms with Crippen LogP contribution in [0.3, 0.4) is 0 Å². The second kappa shape index (κ2) is 8.68. The zero-order chi connectivity index (χ0) is 19.3. The second-order valence-corrected chi connectivity index (χ2v) is 9.61. The van der Waals surface area contributed by atoms with Crippen molar-refractivity contribution < 1.29 is 27.5 Å². The van der Waals surface area contributed by atoms with E-state index in [0.717, 1.165) is 0 Å². The molecule has 2 atom stereocenters. The fourth-order valence-electron chi connectivity index (χ4n) is 2.52. The van der Waals surface area contributed by atoms with Crippen LogP contribution in [0.2, 0.25) is 0 Å². The van der Waals surface area contributed by atoms with Crippen LogP contribution in [-0.4, -0.2) is 54.7 Å². The normalized spacial score (nSPS) is 19.5. The average molecular weight is 399 g/mol. The first-order valence-corrected chi connectivity index (χ1v) is 11.0. The van der Waals surface area contributed by atoms with Gasteiger partial charge in [-0.1, -0.05) is 0 Å². The van der Waals surface area contributed by atoms with Crippen LogP contribution in [0.15, 0.2) is 24.3 Å². The van der Waals surface area contributed by atoms with Crippen molar-refractivity contribution in [2.24, 2.45) is 0 Å². The highest BCUT2D eigenvalue weighted by Crippen LogP contribution is 2.24. The van der Waals surface area contributed by atoms with E-state index in [1.54, 1.807) is 24.3 Å². The highest BCUT2D eigenvalue weighted by molar-refractivity contribution is 8.02. The number of ether oxygens (including phenoxy) is 1. The van der Waals surface area contributed by atoms with Gasteiger partial charge in [0.15, 0.2) is 15.9 Å². The Balaban J connectivity index is 1.82. The van der Waals surface area contributed by atoms with Gasteiger partial charge in [-0.2, -0.15) is 0 Å². The van der Waals surface area contributed by atoms with Gasteiger partial charge >= 0.3 is 5.97 Å². The monoisotopic (exact) mass is 399 g/mol. The van der Waals surface area contributed by atoms with Gasteiger partial charge in [0.05, 0.1) is 17.3 Å². The van der Waals surface area contributed by atoms with Crippen molar-refractivity contribution in [1.82, 2.24) is 0 Å². The number of esters is 1. The van der Waals surface area contributed by atoms with E-state index in [0.29, 0.717) is 17.7 Å². The van der Waals surface area contributed by atoms with E-state index in [1.807, 2.05) is 0 Å². The number of carbonyl (C=O) groups is 3. The van der Waals surface area contributed by atoms with Crippen LogP contribution in [-0.2, 0) is 24.2 Å². The molecule has 2 rings (SSSR count). The minimum absolute atomic E-state index is 0.0132. The molecule has 1 heterocycles. The molecule has 1 aromatic rings. The van der Waals surface area contributed by atoms with Gasteiger partial charge in [-0.3, -0.25) is 14.4 Å². The van der Waals surface area contributed by atoms with Crippen LogP contribution >= 0.6 is 11.8 Å². The first-order valence-electron chi connectivity index (χ1n) is 8.09. The number of anilines is 1. The molecular weight excluding hydrogens is 378 g/mol. The lowest BCUT2D eigenvalue weighted by molar-refractivity contribution is -0.143. The average Bonchev–Trinajstić information content (AvgIpc) is 2.91. The van der Waals surface area contributed by atoms with Gasteiger partial charge in [-0.05, 0) is 37.6 Å². The van der Waals surface area contributed by atoms with Crippen LogP contribution in [0.1, 0.15) is 30.6 Å². The Morgan fingerprint density at radius 1 is 1.27 bits per heavy atom. The number of carbonyl (C=O) groups excluding carboxylic acids is 3. The maximum absolute atomic E-state index is 12.3. The highest BCUT2D eigenvalue weighted by atomic mass is 32.2. The summed E-state index contributed by atoms with van der Waals surface area (Å²) in [5.74, 6) is -0.849. The molecule has 0 unspecified atom stereocenters. The van der Waals surface area contributed by atoms with E-state index in [1.165, 1.54) is 25.6 Å². The number of rotatable bonds is 7. The number of Topliss-reactive ketones (excluding diaryl/α,β-unsaturated/α-hetero) is 1. The summed E-state index contributed by atoms with van der Waals surface area (Å²) in [5.41, 5.74) is 0.940. The zero-order valence-corrected chi connectivity index (χ0v) is 16.2. The van der Waals surface area contributed by atoms with E-state index >= 15 is 0 Å². The van der Waals surface area contributed by atoms with E-state index in [2.05, 4.69) is 5.32 Å². The lowest BCUT2D eigenvalue weighted by Gasteiger charge is -2.13. The van der Waals surface area contributed by atoms with Crippen LogP contribution in [0.4, 0.5) is 5.69 Å². The number of ketones is 1. The number of sulfone groups is 1. The minimum Gasteiger partial charge on any atom is -0.454 e. The van der Waals surface area contributed by atoms with Crippen molar-refractivity contribution in [3.05, 3.63) is 29.8 Å². The molecular formula is C17H21NO6S2. The molecule has 9 heteroatoms. The molecule has 0 aliphatic carbocycles. The predicted octanol–water partition coefficient (Wildman–Crippen LogP) is 1.68. The molecule has 0 bridgehead atoms. The van der Waals surface area contributed by atoms with Gasteiger partial charge in [-0.25, -0.2) is 8.42 Å². The zero-order valence-electron chi connectivity index (χ0n) is 14.6. The van der Waals surface area contributed by atoms with Crippen molar-refractivity contribution in [1.29, 1.82) is 0 Å². The third-order valence-corrected chi connectivity index (χ3v) is 7.05. The van der Waals surface area contributed by atoms with Crippen LogP contribution < -0.4 is 5.32 Å². The predicted molar refractivity (Wildman–Crippen MR) is 100 cm³/mol. The molecule has 0 radical (unpaired) electrons. The molecule has 1 amide bonds. The van der Waals surface area contributed by atoms with Crippen molar-refractivity contribution >= 4 is 44.9 Å². The number of amides is 1. The van der Waals surface area contributed by atoms with E-state index in [-0.39, 0.29) is 34.2 Å². The third kappa shape index (κ3) is 6.14. The minimum atomic E-state index is -2.98. The van der Waals surface area contributed by atoms with Gasteiger partial charge in [0, 0.05) is 23.4 Å². The molecule has 0 spiro atoms. The number of benzene rings is 1. The number of hydrogen-bond donors (Lipinski definition) is 1. The third-order valence-electron chi connectivity index (χ3n) is 3.79. The SMILES string of the molecule is CC(=O)Nc1ccc(C(=O)[C@H](C)OC(=O)CS[C@H]2CCS(=O)(=O)C2)cc1. The Morgan fingerprint density at radius 2 is 1.92 bits per heavy atom. The first-order chi connectivity index (χ1) is 12.2.